The molecule has 5 aromatic heterocycles. The van der Waals surface area contributed by atoms with Gasteiger partial charge in [-0.15, -0.1) is 63.2 Å². The van der Waals surface area contributed by atoms with E-state index in [4.69, 9.17) is 47.0 Å². The van der Waals surface area contributed by atoms with Gasteiger partial charge in [0, 0.05) is 214 Å². The third-order valence-corrected chi connectivity index (χ3v) is 11.9. The van der Waals surface area contributed by atoms with E-state index in [2.05, 4.69) is 51.0 Å². The number of carbonyl (C=O) groups is 2. The second kappa shape index (κ2) is 166. The van der Waals surface area contributed by atoms with Gasteiger partial charge in [0.1, 0.15) is 0 Å². The molecule has 135 heavy (non-hydrogen) atoms. The summed E-state index contributed by atoms with van der Waals surface area (Å²) in [7, 11) is 0. The van der Waals surface area contributed by atoms with Crippen LogP contribution in [-0.2, 0) is 150 Å². The second-order valence-corrected chi connectivity index (χ2v) is 18.4. The minimum absolute atomic E-state index is 0. The van der Waals surface area contributed by atoms with Crippen LogP contribution in [0.3, 0.4) is 0 Å². The zero-order chi connectivity index (χ0) is 104. The number of hydrogen-bond acceptors (Lipinski definition) is 17. The molecule has 1 fully saturated rings. The van der Waals surface area contributed by atoms with Gasteiger partial charge in [0.15, 0.2) is 11.0 Å². The predicted octanol–water partition coefficient (Wildman–Crippen LogP) is 38.4. The zero-order valence-corrected chi connectivity index (χ0v) is 106. The van der Waals surface area contributed by atoms with Crippen LogP contribution in [0.4, 0.5) is 11.4 Å². The molecule has 1 saturated heterocycles. The molecule has 0 spiro atoms. The van der Waals surface area contributed by atoms with Crippen molar-refractivity contribution in [1.82, 2.24) is 24.9 Å². The molecule has 0 atom stereocenters. The summed E-state index contributed by atoms with van der Waals surface area (Å²) in [5, 5.41) is 26.8. The van der Waals surface area contributed by atoms with Crippen molar-refractivity contribution in [3.05, 3.63) is 349 Å². The molecule has 0 amide bonds. The zero-order valence-electron chi connectivity index (χ0n) is 93.5. The Kier molecular flexibility index (Phi) is 235. The second-order valence-electron chi connectivity index (χ2n) is 18.0. The molecule has 12 aromatic rings. The maximum atomic E-state index is 11.6. The van der Waals surface area contributed by atoms with Gasteiger partial charge in [-0.05, 0) is 85.3 Å². The Morgan fingerprint density at radius 2 is 0.570 bits per heavy atom. The number of ether oxygens (including phenoxy) is 2. The van der Waals surface area contributed by atoms with Gasteiger partial charge in [0.2, 0.25) is 0 Å². The van der Waals surface area contributed by atoms with Gasteiger partial charge < -0.3 is 66.7 Å². The monoisotopic (exact) mass is 2200 g/mol. The first-order valence-corrected chi connectivity index (χ1v) is 47.2. The smallest absolute Gasteiger partial charge is 0.350 e. The van der Waals surface area contributed by atoms with E-state index in [1.807, 2.05) is 479 Å². The van der Waals surface area contributed by atoms with E-state index in [-0.39, 0.29) is 163 Å². The predicted molar refractivity (Wildman–Crippen MR) is 600 cm³/mol. The van der Waals surface area contributed by atoms with Gasteiger partial charge in [-0.3, -0.25) is 24.7 Å². The summed E-state index contributed by atoms with van der Waals surface area (Å²) in [6, 6.07) is 67.0. The molecule has 24 heteroatoms. The van der Waals surface area contributed by atoms with Crippen LogP contribution >= 0.6 is 11.6 Å². The number of pyridine rings is 5. The first-order chi connectivity index (χ1) is 62.6. The van der Waals surface area contributed by atoms with Gasteiger partial charge in [-0.1, -0.05) is 406 Å². The number of aromatic amines is 1. The number of fused-ring (bicyclic) bond motifs is 5. The van der Waals surface area contributed by atoms with Crippen molar-refractivity contribution in [1.29, 1.82) is 0 Å². The Bertz CT molecular complexity index is 3870. The Balaban J connectivity index is -0.0000000449. The van der Waals surface area contributed by atoms with E-state index in [9.17, 15) is 14.4 Å². The molecule has 0 saturated carbocycles. The average molecular weight is 2200 g/mol. The van der Waals surface area contributed by atoms with Crippen LogP contribution in [-0.4, -0.2) is 42.6 Å². The molecule has 0 aliphatic carbocycles. The molecule has 19 nitrogen and oxygen atoms in total. The topological polar surface area (TPSA) is 314 Å². The fourth-order valence-electron chi connectivity index (χ4n) is 7.57. The average Bonchev–Trinajstić information content (AvgIpc) is 0.811. The van der Waals surface area contributed by atoms with Crippen LogP contribution in [0.5, 0.6) is 0 Å². The molecule has 4 radical (unpaired) electrons. The van der Waals surface area contributed by atoms with E-state index in [0.717, 1.165) is 98.3 Å². The number of cyclic esters (lactones) is 2. The number of hydrogen-bond donors (Lipinski definition) is 3. The third-order valence-electron chi connectivity index (χ3n) is 11.6. The number of rotatable bonds is 2. The number of nitrogens with one attached hydrogen (secondary N) is 2. The molecule has 1 aliphatic rings. The van der Waals surface area contributed by atoms with Crippen LogP contribution in [0.2, 0.25) is 5.02 Å². The maximum absolute atomic E-state index is 11.6. The van der Waals surface area contributed by atoms with Crippen molar-refractivity contribution < 1.29 is 150 Å². The molecule has 0 unspecified atom stereocenters. The first kappa shape index (κ1) is 191. The number of halogens is 1. The Labute approximate surface area is 935 Å². The number of aromatic nitrogens is 5. The van der Waals surface area contributed by atoms with Gasteiger partial charge >= 0.3 is 11.9 Å². The van der Waals surface area contributed by atoms with E-state index >= 15 is 0 Å². The van der Waals surface area contributed by atoms with Gasteiger partial charge in [-0.25, -0.2) is 9.59 Å². The minimum atomic E-state index is -1.21. The number of esters is 2. The third kappa shape index (κ3) is 105. The van der Waals surface area contributed by atoms with Gasteiger partial charge in [0.25, 0.3) is 5.79 Å². The van der Waals surface area contributed by atoms with Crippen molar-refractivity contribution in [3.8, 4) is 0 Å². The Morgan fingerprint density at radius 3 is 0.815 bits per heavy atom. The van der Waals surface area contributed by atoms with E-state index in [1.54, 1.807) is 49.2 Å². The van der Waals surface area contributed by atoms with Crippen molar-refractivity contribution >= 4 is 89.4 Å². The molecule has 7 aromatic carbocycles. The van der Waals surface area contributed by atoms with Gasteiger partial charge in [-0.2, -0.15) is 37.5 Å². The number of H-pyrrole nitrogens is 1. The molecule has 6 N–H and O–H groups in total. The first-order valence-electron chi connectivity index (χ1n) is 46.8. The molecule has 766 valence electrons. The summed E-state index contributed by atoms with van der Waals surface area (Å²) in [5.41, 5.74) is 14.8. The van der Waals surface area contributed by atoms with Crippen LogP contribution in [0.15, 0.2) is 271 Å². The number of benzene rings is 7. The fourth-order valence-corrected chi connectivity index (χ4v) is 7.78. The number of para-hydroxylation sites is 7. The van der Waals surface area contributed by atoms with Crippen LogP contribution in [0, 0.1) is 55.9 Å². The fraction of sp³-hybridized carbons (Fsp3) is 0.405. The normalized spacial score (nSPS) is 8.08. The van der Waals surface area contributed by atoms with Crippen molar-refractivity contribution in [3.63, 3.8) is 0 Å². The molecule has 13 rings (SSSR count). The Morgan fingerprint density at radius 1 is 0.348 bits per heavy atom. The van der Waals surface area contributed by atoms with Crippen LogP contribution < -0.4 is 16.5 Å². The molecule has 0 bridgehead atoms. The van der Waals surface area contributed by atoms with Crippen LogP contribution in [0.25, 0.3) is 60.7 Å². The number of nitrogens with zero attached hydrogens (tertiary/aromatic N) is 6. The standard InChI is InChI=1S/C13H13NO4.3C10H8N.C9H6ClN.C9H7NO.C6H7N.21C2H6.2CH3.2HNO2.H2N.4Y/c1-13(2)17-11(15)10(12(16)18-13)8-14-9-6-4-3-5-7-9;3*1-8-6-7-11-10-5-3-2-4-9(8)10;10-8-5-6-11-9-4-2-1-3-7(8)9;11-9-5-6-10-8-4-2-1-3-7(8)9;7-6-4-2-1-3-5-6;21*1-2;;;2*2-1-3;;;;;/h3-8,14H,1-2H3;3*2-7H,1H2;1-6H;1-6H,(H,10,11);1-5H,7H2;21*1-2H3;2*1H3;2*(H,2,3);1H2;;;;/q;3*-1;;;;;;;;;;;;;;;;;;;;;;;;;2*-1;;;-1;;;;/p-2. The van der Waals surface area contributed by atoms with Gasteiger partial charge in [0.05, 0.1) is 10.5 Å². The number of nitrogen functional groups attached to an aromatic ring is 1. The van der Waals surface area contributed by atoms with E-state index in [1.165, 1.54) is 26.1 Å². The van der Waals surface area contributed by atoms with E-state index in [0.29, 0.717) is 0 Å². The summed E-state index contributed by atoms with van der Waals surface area (Å²) in [5.74, 6) is -2.60. The van der Waals surface area contributed by atoms with Crippen molar-refractivity contribution in [2.24, 2.45) is 10.7 Å². The summed E-state index contributed by atoms with van der Waals surface area (Å²) in [6.45, 7) is 98.7. The molecular formula is C111H191ClN10O9Y4-8. The SMILES string of the molecule is CC.CC.CC.CC.CC.CC.CC.CC.CC.CC.CC.CC.CC.CC.CC.CC.CC.CC.CC.CC.CC.CC1(C)OC(=O)C(=CNc2ccccc2)C(=O)O1.Clc1ccnc2ccccc12.Nc1ccccc1.O=N[O-].O=N[O-].O=c1cc[nH]c2ccccc12.[CH2-]c1ccnc2ccccc12.[CH2-]c1ccnc2ccccc12.[CH2-]c1ccnc2ccccc12.[CH3-].[CH3-].[NH2-].[Y].[Y].[Y].[Y]. The Hall–Kier alpha value is -7.25. The largest absolute Gasteiger partial charge is 0.693 e. The number of anilines is 2. The number of nitrogens with two attached hydrogens (primary N) is 2. The summed E-state index contributed by atoms with van der Waals surface area (Å²) < 4.78 is 9.91. The molecular weight excluding hydrogens is 2010 g/mol. The molecule has 6 heterocycles. The van der Waals surface area contributed by atoms with E-state index < -0.39 is 17.7 Å². The van der Waals surface area contributed by atoms with Crippen molar-refractivity contribution in [2.45, 2.75) is 310 Å². The molecule has 1 aliphatic heterocycles. The summed E-state index contributed by atoms with van der Waals surface area (Å²) >= 11 is 5.92. The maximum Gasteiger partial charge on any atom is 0.350 e. The minimum Gasteiger partial charge on any atom is -0.693 e. The summed E-state index contributed by atoms with van der Waals surface area (Å²) in [6.07, 6.45) is 10.0. The van der Waals surface area contributed by atoms with Crippen LogP contribution in [0.1, 0.15) is 321 Å². The van der Waals surface area contributed by atoms with Crippen molar-refractivity contribution in [2.75, 3.05) is 11.1 Å². The quantitative estimate of drug-likeness (QED) is 0.0275. The summed E-state index contributed by atoms with van der Waals surface area (Å²) in [4.78, 5) is 70.1. The number of carbonyl (C=O) groups excluding carboxylic acids is 2.